The van der Waals surface area contributed by atoms with Crippen LogP contribution in [-0.2, 0) is 20.8 Å². The highest BCUT2D eigenvalue weighted by Crippen LogP contribution is 2.17. The number of rotatable bonds is 2. The van der Waals surface area contributed by atoms with Gasteiger partial charge in [0.05, 0.1) is 19.5 Å². The van der Waals surface area contributed by atoms with Crippen LogP contribution in [0.4, 0.5) is 0 Å². The molecule has 1 N–H and O–H groups in total. The van der Waals surface area contributed by atoms with E-state index in [1.54, 1.807) is 9.80 Å². The Morgan fingerprint density at radius 2 is 2.04 bits per heavy atom. The monoisotopic (exact) mass is 315 g/mol. The van der Waals surface area contributed by atoms with Gasteiger partial charge in [-0.1, -0.05) is 23.8 Å². The Morgan fingerprint density at radius 3 is 2.83 bits per heavy atom. The fraction of sp³-hybridized carbons (Fsp3) is 0.471. The average Bonchev–Trinajstić information content (AvgIpc) is 2.54. The molecule has 0 radical (unpaired) electrons. The predicted molar refractivity (Wildman–Crippen MR) is 84.7 cm³/mol. The number of fused-ring (bicyclic) bond motifs is 1. The molecular weight excluding hydrogens is 294 g/mol. The van der Waals surface area contributed by atoms with E-state index in [9.17, 15) is 14.4 Å². The van der Waals surface area contributed by atoms with Crippen LogP contribution in [0.5, 0.6) is 0 Å². The number of benzene rings is 1. The first-order chi connectivity index (χ1) is 11.0. The van der Waals surface area contributed by atoms with E-state index < -0.39 is 6.04 Å². The SMILES string of the molecule is Cc1ccc(C)c(CC(=O)N2CCN3C(=O)CNC(=O)[C@H]3C2)c1. The van der Waals surface area contributed by atoms with E-state index in [-0.39, 0.29) is 30.8 Å². The summed E-state index contributed by atoms with van der Waals surface area (Å²) < 4.78 is 0. The zero-order valence-corrected chi connectivity index (χ0v) is 13.5. The van der Waals surface area contributed by atoms with Gasteiger partial charge in [-0.2, -0.15) is 0 Å². The summed E-state index contributed by atoms with van der Waals surface area (Å²) in [4.78, 5) is 39.7. The maximum Gasteiger partial charge on any atom is 0.245 e. The highest BCUT2D eigenvalue weighted by molar-refractivity contribution is 5.95. The highest BCUT2D eigenvalue weighted by atomic mass is 16.2. The Bertz CT molecular complexity index is 671. The molecule has 2 aliphatic heterocycles. The molecule has 0 aromatic heterocycles. The molecule has 0 unspecified atom stereocenters. The third-order valence-electron chi connectivity index (χ3n) is 4.62. The first kappa shape index (κ1) is 15.5. The number of carbonyl (C=O) groups is 3. The summed E-state index contributed by atoms with van der Waals surface area (Å²) in [7, 11) is 0. The van der Waals surface area contributed by atoms with Crippen molar-refractivity contribution in [2.45, 2.75) is 26.3 Å². The van der Waals surface area contributed by atoms with E-state index in [0.29, 0.717) is 19.5 Å². The molecule has 1 aromatic carbocycles. The van der Waals surface area contributed by atoms with E-state index >= 15 is 0 Å². The molecule has 0 bridgehead atoms. The molecule has 0 spiro atoms. The van der Waals surface area contributed by atoms with Gasteiger partial charge >= 0.3 is 0 Å². The number of aryl methyl sites for hydroxylation is 2. The van der Waals surface area contributed by atoms with Crippen LogP contribution in [0.2, 0.25) is 0 Å². The van der Waals surface area contributed by atoms with Crippen molar-refractivity contribution in [2.24, 2.45) is 0 Å². The van der Waals surface area contributed by atoms with Gasteiger partial charge in [0.2, 0.25) is 17.7 Å². The maximum atomic E-state index is 12.6. The van der Waals surface area contributed by atoms with Crippen molar-refractivity contribution in [3.8, 4) is 0 Å². The van der Waals surface area contributed by atoms with Crippen molar-refractivity contribution < 1.29 is 14.4 Å². The molecule has 1 atom stereocenters. The quantitative estimate of drug-likeness (QED) is 0.836. The van der Waals surface area contributed by atoms with Gasteiger partial charge in [0, 0.05) is 13.1 Å². The Hall–Kier alpha value is -2.37. The molecule has 2 aliphatic rings. The van der Waals surface area contributed by atoms with Crippen LogP contribution in [0.25, 0.3) is 0 Å². The van der Waals surface area contributed by atoms with Crippen LogP contribution in [0.15, 0.2) is 18.2 Å². The first-order valence-electron chi connectivity index (χ1n) is 7.87. The second-order valence-electron chi connectivity index (χ2n) is 6.27. The van der Waals surface area contributed by atoms with E-state index in [2.05, 4.69) is 5.32 Å². The Labute approximate surface area is 135 Å². The number of piperazine rings is 2. The normalized spacial score (nSPS) is 21.0. The molecule has 6 nitrogen and oxygen atoms in total. The van der Waals surface area contributed by atoms with Crippen LogP contribution in [0.1, 0.15) is 16.7 Å². The van der Waals surface area contributed by atoms with Crippen LogP contribution >= 0.6 is 0 Å². The molecule has 0 aliphatic carbocycles. The lowest BCUT2D eigenvalue weighted by atomic mass is 10.0. The Kier molecular flexibility index (Phi) is 4.07. The zero-order valence-electron chi connectivity index (χ0n) is 13.5. The Morgan fingerprint density at radius 1 is 1.26 bits per heavy atom. The van der Waals surface area contributed by atoms with Crippen molar-refractivity contribution in [3.05, 3.63) is 34.9 Å². The smallest absolute Gasteiger partial charge is 0.245 e. The molecule has 2 heterocycles. The van der Waals surface area contributed by atoms with E-state index in [1.807, 2.05) is 32.0 Å². The third-order valence-corrected chi connectivity index (χ3v) is 4.62. The summed E-state index contributed by atoms with van der Waals surface area (Å²) in [5.74, 6) is -0.241. The molecule has 0 saturated carbocycles. The molecule has 122 valence electrons. The summed E-state index contributed by atoms with van der Waals surface area (Å²) in [5, 5.41) is 2.59. The van der Waals surface area contributed by atoms with Gasteiger partial charge in [-0.25, -0.2) is 0 Å². The third kappa shape index (κ3) is 3.06. The van der Waals surface area contributed by atoms with E-state index in [1.165, 1.54) is 0 Å². The topological polar surface area (TPSA) is 69.7 Å². The van der Waals surface area contributed by atoms with E-state index in [4.69, 9.17) is 0 Å². The van der Waals surface area contributed by atoms with Gasteiger partial charge in [-0.3, -0.25) is 14.4 Å². The fourth-order valence-corrected chi connectivity index (χ4v) is 3.18. The van der Waals surface area contributed by atoms with Crippen LogP contribution in [0, 0.1) is 13.8 Å². The minimum atomic E-state index is -0.549. The Balaban J connectivity index is 1.70. The number of hydrogen-bond acceptors (Lipinski definition) is 3. The molecule has 2 fully saturated rings. The van der Waals surface area contributed by atoms with Crippen molar-refractivity contribution in [2.75, 3.05) is 26.2 Å². The lowest BCUT2D eigenvalue weighted by Crippen LogP contribution is -2.66. The lowest BCUT2D eigenvalue weighted by Gasteiger charge is -2.43. The molecule has 23 heavy (non-hydrogen) atoms. The standard InChI is InChI=1S/C17H21N3O3/c1-11-3-4-12(2)13(7-11)8-15(21)19-5-6-20-14(10-19)17(23)18-9-16(20)22/h3-4,7,14H,5-6,8-10H2,1-2H3,(H,18,23)/t14-/m1/s1. The second-order valence-corrected chi connectivity index (χ2v) is 6.27. The molecule has 6 heteroatoms. The molecule has 1 aromatic rings. The van der Waals surface area contributed by atoms with Crippen LogP contribution < -0.4 is 5.32 Å². The number of nitrogens with one attached hydrogen (secondary N) is 1. The predicted octanol–water partition coefficient (Wildman–Crippen LogP) is 0.0151. The van der Waals surface area contributed by atoms with Crippen LogP contribution in [-0.4, -0.2) is 59.7 Å². The van der Waals surface area contributed by atoms with Gasteiger partial charge in [0.15, 0.2) is 0 Å². The number of amides is 3. The first-order valence-corrected chi connectivity index (χ1v) is 7.87. The van der Waals surface area contributed by atoms with Crippen molar-refractivity contribution in [1.29, 1.82) is 0 Å². The summed E-state index contributed by atoms with van der Waals surface area (Å²) >= 11 is 0. The number of carbonyl (C=O) groups excluding carboxylic acids is 3. The summed E-state index contributed by atoms with van der Waals surface area (Å²) in [6.07, 6.45) is 0.329. The summed E-state index contributed by atoms with van der Waals surface area (Å²) in [6, 6.07) is 5.52. The molecule has 2 saturated heterocycles. The van der Waals surface area contributed by atoms with Crippen molar-refractivity contribution in [3.63, 3.8) is 0 Å². The van der Waals surface area contributed by atoms with Gasteiger partial charge in [-0.05, 0) is 25.0 Å². The number of nitrogens with zero attached hydrogens (tertiary/aromatic N) is 2. The average molecular weight is 315 g/mol. The number of hydrogen-bond donors (Lipinski definition) is 1. The zero-order chi connectivity index (χ0) is 16.6. The molecular formula is C17H21N3O3. The molecule has 3 rings (SSSR count). The van der Waals surface area contributed by atoms with Crippen LogP contribution in [0.3, 0.4) is 0 Å². The second kappa shape index (κ2) is 6.02. The minimum Gasteiger partial charge on any atom is -0.345 e. The van der Waals surface area contributed by atoms with Gasteiger partial charge in [0.1, 0.15) is 6.04 Å². The van der Waals surface area contributed by atoms with Gasteiger partial charge < -0.3 is 15.1 Å². The van der Waals surface area contributed by atoms with Crippen molar-refractivity contribution >= 4 is 17.7 Å². The highest BCUT2D eigenvalue weighted by Gasteiger charge is 2.39. The molecule has 3 amide bonds. The maximum absolute atomic E-state index is 12.6. The van der Waals surface area contributed by atoms with Crippen molar-refractivity contribution in [1.82, 2.24) is 15.1 Å². The van der Waals surface area contributed by atoms with Gasteiger partial charge in [-0.15, -0.1) is 0 Å². The van der Waals surface area contributed by atoms with Gasteiger partial charge in [0.25, 0.3) is 0 Å². The minimum absolute atomic E-state index is 0.00386. The summed E-state index contributed by atoms with van der Waals surface area (Å²) in [6.45, 7) is 5.25. The largest absolute Gasteiger partial charge is 0.345 e. The van der Waals surface area contributed by atoms with E-state index in [0.717, 1.165) is 16.7 Å². The summed E-state index contributed by atoms with van der Waals surface area (Å²) in [5.41, 5.74) is 3.23. The fourth-order valence-electron chi connectivity index (χ4n) is 3.18. The lowest BCUT2D eigenvalue weighted by molar-refractivity contribution is -0.152.